The Bertz CT molecular complexity index is 962. The second-order valence-electron chi connectivity index (χ2n) is 8.95. The van der Waals surface area contributed by atoms with Gasteiger partial charge in [-0.15, -0.1) is 0 Å². The second-order valence-corrected chi connectivity index (χ2v) is 8.95. The summed E-state index contributed by atoms with van der Waals surface area (Å²) < 4.78 is 39.7. The van der Waals surface area contributed by atoms with Crippen LogP contribution in [-0.4, -0.2) is 29.4 Å². The number of likely N-dealkylation sites (N-methyl/N-ethyl adjacent to an activating group) is 1. The molecule has 0 aliphatic carbocycles. The molecule has 3 rings (SSSR count). The van der Waals surface area contributed by atoms with Crippen LogP contribution in [0.2, 0.25) is 0 Å². The van der Waals surface area contributed by atoms with Gasteiger partial charge in [0.25, 0.3) is 0 Å². The van der Waals surface area contributed by atoms with Crippen molar-refractivity contribution < 1.29 is 13.2 Å². The number of benzene rings is 1. The van der Waals surface area contributed by atoms with Gasteiger partial charge in [-0.05, 0) is 50.0 Å². The van der Waals surface area contributed by atoms with Crippen LogP contribution in [-0.2, 0) is 6.18 Å². The van der Waals surface area contributed by atoms with E-state index < -0.39 is 11.7 Å². The molecule has 2 heterocycles. The van der Waals surface area contributed by atoms with E-state index in [1.807, 2.05) is 31.0 Å². The van der Waals surface area contributed by atoms with Gasteiger partial charge in [0.15, 0.2) is 0 Å². The normalized spacial score (nSPS) is 19.1. The minimum atomic E-state index is -4.36. The Morgan fingerprint density at radius 2 is 1.88 bits per heavy atom. The lowest BCUT2D eigenvalue weighted by Gasteiger charge is -2.33. The van der Waals surface area contributed by atoms with Crippen molar-refractivity contribution in [3.8, 4) is 0 Å². The molecule has 0 fully saturated rings. The van der Waals surface area contributed by atoms with E-state index >= 15 is 0 Å². The third-order valence-electron chi connectivity index (χ3n) is 5.99. The largest absolute Gasteiger partial charge is 0.416 e. The van der Waals surface area contributed by atoms with E-state index in [1.165, 1.54) is 18.6 Å². The molecule has 0 saturated heterocycles. The molecule has 0 amide bonds. The van der Waals surface area contributed by atoms with Crippen LogP contribution in [0.1, 0.15) is 59.1 Å². The Kier molecular flexibility index (Phi) is 9.21. The third-order valence-corrected chi connectivity index (χ3v) is 5.99. The predicted octanol–water partition coefficient (Wildman–Crippen LogP) is 8.04. The van der Waals surface area contributed by atoms with E-state index in [9.17, 15) is 13.2 Å². The molecule has 2 aliphatic heterocycles. The zero-order valence-electron chi connectivity index (χ0n) is 20.9. The van der Waals surface area contributed by atoms with E-state index in [0.717, 1.165) is 34.5 Å². The highest BCUT2D eigenvalue weighted by molar-refractivity contribution is 5.77. The van der Waals surface area contributed by atoms with Gasteiger partial charge in [0.1, 0.15) is 0 Å². The molecule has 5 heteroatoms. The zero-order valence-corrected chi connectivity index (χ0v) is 20.9. The van der Waals surface area contributed by atoms with Gasteiger partial charge in [0, 0.05) is 37.1 Å². The molecule has 0 radical (unpaired) electrons. The SMILES string of the molecule is C/C=C(/C)N1C=C(C2=C(c3cccc(C(F)(F)F)c3)N(C)CC=C2)C=CC1C.CCC(C)C. The summed E-state index contributed by atoms with van der Waals surface area (Å²) in [5.74, 6) is 0.884. The van der Waals surface area contributed by atoms with Gasteiger partial charge in [0.05, 0.1) is 11.3 Å². The molecule has 0 spiro atoms. The van der Waals surface area contributed by atoms with Gasteiger partial charge in [-0.1, -0.05) is 69.7 Å². The fourth-order valence-corrected chi connectivity index (χ4v) is 3.53. The van der Waals surface area contributed by atoms with Crippen LogP contribution in [0, 0.1) is 5.92 Å². The molecule has 0 saturated carbocycles. The average molecular weight is 459 g/mol. The molecule has 33 heavy (non-hydrogen) atoms. The van der Waals surface area contributed by atoms with E-state index in [1.54, 1.807) is 6.07 Å². The van der Waals surface area contributed by atoms with Crippen molar-refractivity contribution in [1.82, 2.24) is 9.80 Å². The maximum absolute atomic E-state index is 13.2. The number of rotatable bonds is 4. The topological polar surface area (TPSA) is 6.48 Å². The summed E-state index contributed by atoms with van der Waals surface area (Å²) in [5, 5.41) is 0. The second kappa shape index (κ2) is 11.4. The lowest BCUT2D eigenvalue weighted by molar-refractivity contribution is -0.137. The van der Waals surface area contributed by atoms with Crippen molar-refractivity contribution in [3.63, 3.8) is 0 Å². The number of allylic oxidation sites excluding steroid dienone is 6. The number of halogens is 3. The van der Waals surface area contributed by atoms with Gasteiger partial charge in [-0.25, -0.2) is 0 Å². The maximum Gasteiger partial charge on any atom is 0.416 e. The van der Waals surface area contributed by atoms with Gasteiger partial charge in [0.2, 0.25) is 0 Å². The summed E-state index contributed by atoms with van der Waals surface area (Å²) in [4.78, 5) is 4.17. The smallest absolute Gasteiger partial charge is 0.370 e. The molecule has 1 aromatic carbocycles. The number of hydrogen-bond acceptors (Lipinski definition) is 2. The molecular formula is C28H37F3N2. The average Bonchev–Trinajstić information content (AvgIpc) is 2.78. The molecule has 0 N–H and O–H groups in total. The Morgan fingerprint density at radius 3 is 2.45 bits per heavy atom. The number of hydrogen-bond donors (Lipinski definition) is 0. The summed E-state index contributed by atoms with van der Waals surface area (Å²) in [6.45, 7) is 13.5. The summed E-state index contributed by atoms with van der Waals surface area (Å²) in [7, 11) is 1.91. The zero-order chi connectivity index (χ0) is 24.8. The van der Waals surface area contributed by atoms with Crippen LogP contribution in [0.3, 0.4) is 0 Å². The van der Waals surface area contributed by atoms with Crippen LogP contribution in [0.25, 0.3) is 5.70 Å². The summed E-state index contributed by atoms with van der Waals surface area (Å²) in [6.07, 6.45) is 9.27. The molecule has 1 unspecified atom stereocenters. The Labute approximate surface area is 197 Å². The number of nitrogens with zero attached hydrogens (tertiary/aromatic N) is 2. The first-order chi connectivity index (χ1) is 15.5. The predicted molar refractivity (Wildman–Crippen MR) is 133 cm³/mol. The van der Waals surface area contributed by atoms with Crippen LogP contribution in [0.15, 0.2) is 77.7 Å². The van der Waals surface area contributed by atoms with E-state index in [4.69, 9.17) is 0 Å². The third kappa shape index (κ3) is 6.89. The van der Waals surface area contributed by atoms with Crippen LogP contribution < -0.4 is 0 Å². The molecule has 0 aromatic heterocycles. The highest BCUT2D eigenvalue weighted by Gasteiger charge is 2.31. The van der Waals surface area contributed by atoms with Crippen molar-refractivity contribution in [3.05, 3.63) is 88.8 Å². The lowest BCUT2D eigenvalue weighted by atomic mass is 9.93. The first-order valence-electron chi connectivity index (χ1n) is 11.6. The molecular weight excluding hydrogens is 421 g/mol. The standard InChI is InChI=1S/C23H25F3N2.C5H12/c1-5-16(2)28-15-19(12-11-17(28)3)21-10-7-13-27(4)22(21)18-8-6-9-20(14-18)23(24,25)26;1-4-5(2)3/h5-12,14-15,17H,13H2,1-4H3;5H,4H2,1-3H3/b16-5-;. The Morgan fingerprint density at radius 1 is 1.21 bits per heavy atom. The summed E-state index contributed by atoms with van der Waals surface area (Å²) in [5.41, 5.74) is 3.77. The van der Waals surface area contributed by atoms with Crippen molar-refractivity contribution >= 4 is 5.70 Å². The van der Waals surface area contributed by atoms with Crippen molar-refractivity contribution in [2.24, 2.45) is 5.92 Å². The van der Waals surface area contributed by atoms with Crippen LogP contribution in [0.4, 0.5) is 13.2 Å². The van der Waals surface area contributed by atoms with E-state index in [2.05, 4.69) is 63.9 Å². The quantitative estimate of drug-likeness (QED) is 0.450. The minimum Gasteiger partial charge on any atom is -0.370 e. The van der Waals surface area contributed by atoms with Crippen LogP contribution in [0.5, 0.6) is 0 Å². The van der Waals surface area contributed by atoms with Crippen molar-refractivity contribution in [2.75, 3.05) is 13.6 Å². The Hall–Kier alpha value is -2.69. The van der Waals surface area contributed by atoms with Crippen molar-refractivity contribution in [2.45, 2.75) is 60.2 Å². The molecule has 1 aromatic rings. The molecule has 0 bridgehead atoms. The first kappa shape index (κ1) is 26.6. The van der Waals surface area contributed by atoms with Gasteiger partial charge in [-0.2, -0.15) is 13.2 Å². The minimum absolute atomic E-state index is 0.225. The molecule has 1 atom stereocenters. The van der Waals surface area contributed by atoms with E-state index in [-0.39, 0.29) is 6.04 Å². The summed E-state index contributed by atoms with van der Waals surface area (Å²) >= 11 is 0. The van der Waals surface area contributed by atoms with Crippen LogP contribution >= 0.6 is 0 Å². The van der Waals surface area contributed by atoms with Gasteiger partial charge < -0.3 is 9.80 Å². The Balaban J connectivity index is 0.000000696. The molecule has 2 aliphatic rings. The van der Waals surface area contributed by atoms with Gasteiger partial charge in [-0.3, -0.25) is 0 Å². The molecule has 180 valence electrons. The van der Waals surface area contributed by atoms with E-state index in [0.29, 0.717) is 12.1 Å². The number of alkyl halides is 3. The monoisotopic (exact) mass is 458 g/mol. The van der Waals surface area contributed by atoms with Gasteiger partial charge >= 0.3 is 6.18 Å². The fourth-order valence-electron chi connectivity index (χ4n) is 3.53. The fraction of sp³-hybridized carbons (Fsp3) is 0.429. The molecule has 2 nitrogen and oxygen atoms in total. The highest BCUT2D eigenvalue weighted by Crippen LogP contribution is 2.36. The van der Waals surface area contributed by atoms with Crippen molar-refractivity contribution in [1.29, 1.82) is 0 Å². The summed E-state index contributed by atoms with van der Waals surface area (Å²) in [6, 6.07) is 5.78. The first-order valence-corrected chi connectivity index (χ1v) is 11.6. The lowest BCUT2D eigenvalue weighted by Crippen LogP contribution is -2.28. The maximum atomic E-state index is 13.2. The highest BCUT2D eigenvalue weighted by atomic mass is 19.4.